The van der Waals surface area contributed by atoms with Gasteiger partial charge in [0.2, 0.25) is 0 Å². The van der Waals surface area contributed by atoms with E-state index in [-0.39, 0.29) is 6.10 Å². The van der Waals surface area contributed by atoms with Crippen LogP contribution < -0.4 is 0 Å². The van der Waals surface area contributed by atoms with E-state index in [2.05, 4.69) is 10.1 Å². The standard InChI is InChI=1S/C9H14N2O2/c12-9-1-3-11(4-2-9)6-8-5-10-13-7-8/h5,7,9,12H,1-4,6H2. The fraction of sp³-hybridized carbons (Fsp3) is 0.667. The van der Waals surface area contributed by atoms with E-state index in [1.54, 1.807) is 12.5 Å². The highest BCUT2D eigenvalue weighted by Crippen LogP contribution is 2.12. The molecule has 1 aliphatic rings. The summed E-state index contributed by atoms with van der Waals surface area (Å²) in [6, 6.07) is 0. The second kappa shape index (κ2) is 3.89. The molecule has 0 aliphatic carbocycles. The van der Waals surface area contributed by atoms with Crippen LogP contribution >= 0.6 is 0 Å². The molecule has 2 heterocycles. The minimum absolute atomic E-state index is 0.0984. The Morgan fingerprint density at radius 3 is 2.92 bits per heavy atom. The lowest BCUT2D eigenvalue weighted by molar-refractivity contribution is 0.0791. The molecular formula is C9H14N2O2. The molecule has 1 aromatic rings. The lowest BCUT2D eigenvalue weighted by Gasteiger charge is -2.28. The Hall–Kier alpha value is -0.870. The van der Waals surface area contributed by atoms with Gasteiger partial charge in [0.1, 0.15) is 6.26 Å². The lowest BCUT2D eigenvalue weighted by atomic mass is 10.1. The second-order valence-corrected chi connectivity index (χ2v) is 3.54. The molecule has 4 heteroatoms. The highest BCUT2D eigenvalue weighted by molar-refractivity contribution is 5.00. The van der Waals surface area contributed by atoms with Crippen molar-refractivity contribution in [3.05, 3.63) is 18.0 Å². The molecule has 72 valence electrons. The predicted octanol–water partition coefficient (Wildman–Crippen LogP) is 0.631. The summed E-state index contributed by atoms with van der Waals surface area (Å²) in [5.41, 5.74) is 1.11. The normalized spacial score (nSPS) is 20.7. The van der Waals surface area contributed by atoms with E-state index in [1.807, 2.05) is 0 Å². The highest BCUT2D eigenvalue weighted by Gasteiger charge is 2.16. The monoisotopic (exact) mass is 182 g/mol. The van der Waals surface area contributed by atoms with Gasteiger partial charge < -0.3 is 9.63 Å². The van der Waals surface area contributed by atoms with Crippen molar-refractivity contribution in [2.45, 2.75) is 25.5 Å². The van der Waals surface area contributed by atoms with Gasteiger partial charge in [-0.25, -0.2) is 0 Å². The van der Waals surface area contributed by atoms with Crippen LogP contribution in [0.1, 0.15) is 18.4 Å². The third-order valence-corrected chi connectivity index (χ3v) is 2.45. The average Bonchev–Trinajstić information content (AvgIpc) is 2.62. The highest BCUT2D eigenvalue weighted by atomic mass is 16.5. The van der Waals surface area contributed by atoms with E-state index in [4.69, 9.17) is 4.52 Å². The predicted molar refractivity (Wildman–Crippen MR) is 47.0 cm³/mol. The van der Waals surface area contributed by atoms with Crippen LogP contribution in [-0.2, 0) is 6.54 Å². The SMILES string of the molecule is OC1CCN(Cc2cnoc2)CC1. The molecule has 0 bridgehead atoms. The summed E-state index contributed by atoms with van der Waals surface area (Å²) in [4.78, 5) is 2.30. The molecule has 0 aromatic carbocycles. The summed E-state index contributed by atoms with van der Waals surface area (Å²) in [6.07, 6.45) is 5.07. The molecule has 0 amide bonds. The fourth-order valence-corrected chi connectivity index (χ4v) is 1.64. The molecule has 1 aromatic heterocycles. The maximum atomic E-state index is 9.30. The zero-order valence-electron chi connectivity index (χ0n) is 7.52. The molecule has 0 radical (unpaired) electrons. The van der Waals surface area contributed by atoms with Crippen molar-refractivity contribution in [2.24, 2.45) is 0 Å². The first-order chi connectivity index (χ1) is 6.34. The van der Waals surface area contributed by atoms with E-state index >= 15 is 0 Å². The molecule has 0 unspecified atom stereocenters. The largest absolute Gasteiger partial charge is 0.393 e. The Morgan fingerprint density at radius 1 is 1.54 bits per heavy atom. The quantitative estimate of drug-likeness (QED) is 0.729. The zero-order chi connectivity index (χ0) is 9.10. The molecule has 2 rings (SSSR count). The van der Waals surface area contributed by atoms with Gasteiger partial charge in [-0.2, -0.15) is 0 Å². The fourth-order valence-electron chi connectivity index (χ4n) is 1.64. The zero-order valence-corrected chi connectivity index (χ0v) is 7.52. The van der Waals surface area contributed by atoms with Crippen LogP contribution in [0.5, 0.6) is 0 Å². The van der Waals surface area contributed by atoms with Crippen molar-refractivity contribution in [3.8, 4) is 0 Å². The molecule has 0 atom stereocenters. The van der Waals surface area contributed by atoms with Crippen molar-refractivity contribution in [2.75, 3.05) is 13.1 Å². The Kier molecular flexibility index (Phi) is 2.61. The van der Waals surface area contributed by atoms with Crippen molar-refractivity contribution in [1.82, 2.24) is 10.1 Å². The van der Waals surface area contributed by atoms with E-state index in [9.17, 15) is 5.11 Å². The number of piperidine rings is 1. The Bertz CT molecular complexity index is 240. The van der Waals surface area contributed by atoms with Gasteiger partial charge in [-0.15, -0.1) is 0 Å². The number of aromatic nitrogens is 1. The number of hydrogen-bond donors (Lipinski definition) is 1. The molecule has 1 aliphatic heterocycles. The summed E-state index contributed by atoms with van der Waals surface area (Å²) in [6.45, 7) is 2.81. The lowest BCUT2D eigenvalue weighted by Crippen LogP contribution is -2.35. The minimum atomic E-state index is -0.0984. The second-order valence-electron chi connectivity index (χ2n) is 3.54. The molecule has 0 saturated carbocycles. The Morgan fingerprint density at radius 2 is 2.31 bits per heavy atom. The topological polar surface area (TPSA) is 49.5 Å². The van der Waals surface area contributed by atoms with Gasteiger partial charge >= 0.3 is 0 Å². The first-order valence-corrected chi connectivity index (χ1v) is 4.63. The van der Waals surface area contributed by atoms with Crippen LogP contribution in [0.25, 0.3) is 0 Å². The summed E-state index contributed by atoms with van der Waals surface area (Å²) in [7, 11) is 0. The van der Waals surface area contributed by atoms with Crippen LogP contribution in [0.2, 0.25) is 0 Å². The third kappa shape index (κ3) is 2.29. The number of likely N-dealkylation sites (tertiary alicyclic amines) is 1. The first-order valence-electron chi connectivity index (χ1n) is 4.63. The Labute approximate surface area is 77.1 Å². The van der Waals surface area contributed by atoms with Gasteiger partial charge in [-0.05, 0) is 12.8 Å². The van der Waals surface area contributed by atoms with Gasteiger partial charge in [-0.3, -0.25) is 4.90 Å². The molecule has 13 heavy (non-hydrogen) atoms. The van der Waals surface area contributed by atoms with Crippen LogP contribution in [0.15, 0.2) is 17.0 Å². The maximum Gasteiger partial charge on any atom is 0.128 e. The molecule has 1 saturated heterocycles. The van der Waals surface area contributed by atoms with Crippen LogP contribution in [0, 0.1) is 0 Å². The summed E-state index contributed by atoms with van der Waals surface area (Å²) >= 11 is 0. The third-order valence-electron chi connectivity index (χ3n) is 2.45. The van der Waals surface area contributed by atoms with Gasteiger partial charge in [0.15, 0.2) is 0 Å². The van der Waals surface area contributed by atoms with E-state index < -0.39 is 0 Å². The number of aliphatic hydroxyl groups excluding tert-OH is 1. The molecule has 1 N–H and O–H groups in total. The van der Waals surface area contributed by atoms with E-state index in [0.717, 1.165) is 38.0 Å². The number of aliphatic hydroxyl groups is 1. The maximum absolute atomic E-state index is 9.30. The summed E-state index contributed by atoms with van der Waals surface area (Å²) in [5.74, 6) is 0. The Balaban J connectivity index is 1.83. The first kappa shape index (κ1) is 8.72. The number of nitrogens with zero attached hydrogens (tertiary/aromatic N) is 2. The van der Waals surface area contributed by atoms with Crippen molar-refractivity contribution in [1.29, 1.82) is 0 Å². The van der Waals surface area contributed by atoms with Gasteiger partial charge in [0.05, 0.1) is 12.3 Å². The van der Waals surface area contributed by atoms with Crippen LogP contribution in [0.4, 0.5) is 0 Å². The van der Waals surface area contributed by atoms with Crippen molar-refractivity contribution >= 4 is 0 Å². The average molecular weight is 182 g/mol. The summed E-state index contributed by atoms with van der Waals surface area (Å²) in [5, 5.41) is 12.9. The van der Waals surface area contributed by atoms with E-state index in [0.29, 0.717) is 0 Å². The number of hydrogen-bond acceptors (Lipinski definition) is 4. The molecular weight excluding hydrogens is 168 g/mol. The molecule has 4 nitrogen and oxygen atoms in total. The summed E-state index contributed by atoms with van der Waals surface area (Å²) < 4.78 is 4.75. The van der Waals surface area contributed by atoms with Crippen molar-refractivity contribution in [3.63, 3.8) is 0 Å². The number of rotatable bonds is 2. The van der Waals surface area contributed by atoms with Gasteiger partial charge in [0.25, 0.3) is 0 Å². The van der Waals surface area contributed by atoms with E-state index in [1.165, 1.54) is 0 Å². The van der Waals surface area contributed by atoms with Gasteiger partial charge in [-0.1, -0.05) is 5.16 Å². The van der Waals surface area contributed by atoms with Crippen LogP contribution in [-0.4, -0.2) is 34.4 Å². The van der Waals surface area contributed by atoms with Gasteiger partial charge in [0, 0.05) is 25.2 Å². The minimum Gasteiger partial charge on any atom is -0.393 e. The molecule has 0 spiro atoms. The smallest absolute Gasteiger partial charge is 0.128 e. The molecule has 1 fully saturated rings. The van der Waals surface area contributed by atoms with Crippen LogP contribution in [0.3, 0.4) is 0 Å². The van der Waals surface area contributed by atoms with Crippen molar-refractivity contribution < 1.29 is 9.63 Å².